The number of anilines is 1. The predicted molar refractivity (Wildman–Crippen MR) is 74.2 cm³/mol. The molecule has 0 radical (unpaired) electrons. The minimum atomic E-state index is -0.416. The molecule has 106 valence electrons. The first kappa shape index (κ1) is 15.3. The van der Waals surface area contributed by atoms with E-state index in [0.717, 1.165) is 6.42 Å². The molecule has 0 fully saturated rings. The van der Waals surface area contributed by atoms with E-state index in [1.807, 2.05) is 0 Å². The Hall–Kier alpha value is -1.78. The summed E-state index contributed by atoms with van der Waals surface area (Å²) in [4.78, 5) is 26.5. The monoisotopic (exact) mass is 266 g/mol. The van der Waals surface area contributed by atoms with E-state index < -0.39 is 5.97 Å². The Labute approximate surface area is 113 Å². The highest BCUT2D eigenvalue weighted by Gasteiger charge is 2.19. The number of hydrogen-bond donors (Lipinski definition) is 2. The first-order valence-electron chi connectivity index (χ1n) is 6.60. The molecule has 0 aliphatic heterocycles. The number of aryl methyl sites for hydroxylation is 1. The SMILES string of the molecule is CCOC(=O)c1c(NC(=O)CCC(C)C)c[nH]c1C. The number of rotatable bonds is 6. The molecule has 19 heavy (non-hydrogen) atoms. The van der Waals surface area contributed by atoms with Gasteiger partial charge < -0.3 is 15.0 Å². The molecule has 2 N–H and O–H groups in total. The second kappa shape index (κ2) is 6.97. The molecule has 1 amide bonds. The quantitative estimate of drug-likeness (QED) is 0.778. The van der Waals surface area contributed by atoms with Crippen molar-refractivity contribution in [2.45, 2.75) is 40.5 Å². The molecule has 1 aromatic heterocycles. The van der Waals surface area contributed by atoms with Crippen molar-refractivity contribution in [3.8, 4) is 0 Å². The summed E-state index contributed by atoms with van der Waals surface area (Å²) in [6, 6.07) is 0. The fourth-order valence-corrected chi connectivity index (χ4v) is 1.72. The fraction of sp³-hybridized carbons (Fsp3) is 0.571. The van der Waals surface area contributed by atoms with E-state index in [1.165, 1.54) is 0 Å². The number of aromatic amines is 1. The van der Waals surface area contributed by atoms with E-state index in [0.29, 0.717) is 35.9 Å². The molecule has 5 nitrogen and oxygen atoms in total. The maximum atomic E-state index is 11.8. The van der Waals surface area contributed by atoms with E-state index in [-0.39, 0.29) is 5.91 Å². The second-order valence-corrected chi connectivity index (χ2v) is 4.90. The van der Waals surface area contributed by atoms with Crippen molar-refractivity contribution < 1.29 is 14.3 Å². The molecule has 1 rings (SSSR count). The van der Waals surface area contributed by atoms with Gasteiger partial charge in [-0.05, 0) is 26.2 Å². The van der Waals surface area contributed by atoms with Gasteiger partial charge in [0.25, 0.3) is 0 Å². The van der Waals surface area contributed by atoms with Gasteiger partial charge in [-0.2, -0.15) is 0 Å². The van der Waals surface area contributed by atoms with Gasteiger partial charge in [-0.1, -0.05) is 13.8 Å². The number of ether oxygens (including phenoxy) is 1. The summed E-state index contributed by atoms with van der Waals surface area (Å²) in [6.07, 6.45) is 2.89. The summed E-state index contributed by atoms with van der Waals surface area (Å²) in [7, 11) is 0. The first-order valence-corrected chi connectivity index (χ1v) is 6.60. The van der Waals surface area contributed by atoms with E-state index in [4.69, 9.17) is 4.74 Å². The molecule has 0 saturated carbocycles. The minimum absolute atomic E-state index is 0.0850. The summed E-state index contributed by atoms with van der Waals surface area (Å²) in [5.74, 6) is -0.0260. The number of nitrogens with one attached hydrogen (secondary N) is 2. The molecule has 0 unspecified atom stereocenters. The zero-order valence-corrected chi connectivity index (χ0v) is 12.0. The number of aromatic nitrogens is 1. The highest BCUT2D eigenvalue weighted by Crippen LogP contribution is 2.21. The van der Waals surface area contributed by atoms with E-state index in [1.54, 1.807) is 20.0 Å². The zero-order valence-electron chi connectivity index (χ0n) is 12.0. The maximum absolute atomic E-state index is 11.8. The summed E-state index contributed by atoms with van der Waals surface area (Å²) in [5.41, 5.74) is 1.59. The lowest BCUT2D eigenvalue weighted by Gasteiger charge is -2.08. The van der Waals surface area contributed by atoms with Crippen LogP contribution in [0.25, 0.3) is 0 Å². The highest BCUT2D eigenvalue weighted by molar-refractivity contribution is 6.02. The van der Waals surface area contributed by atoms with Gasteiger partial charge >= 0.3 is 5.97 Å². The Morgan fingerprint density at radius 1 is 1.42 bits per heavy atom. The average Bonchev–Trinajstić information content (AvgIpc) is 2.68. The summed E-state index contributed by atoms with van der Waals surface area (Å²) in [6.45, 7) is 7.97. The van der Waals surface area contributed by atoms with Gasteiger partial charge in [-0.15, -0.1) is 0 Å². The lowest BCUT2D eigenvalue weighted by atomic mass is 10.1. The Kier molecular flexibility index (Phi) is 5.60. The van der Waals surface area contributed by atoms with Crippen molar-refractivity contribution in [1.82, 2.24) is 4.98 Å². The molecule has 0 bridgehead atoms. The number of H-pyrrole nitrogens is 1. The second-order valence-electron chi connectivity index (χ2n) is 4.90. The minimum Gasteiger partial charge on any atom is -0.462 e. The summed E-state index contributed by atoms with van der Waals surface area (Å²) < 4.78 is 4.98. The maximum Gasteiger partial charge on any atom is 0.342 e. The van der Waals surface area contributed by atoms with Gasteiger partial charge in [-0.25, -0.2) is 4.79 Å². The molecule has 1 aromatic rings. The van der Waals surface area contributed by atoms with Crippen LogP contribution < -0.4 is 5.32 Å². The molecular weight excluding hydrogens is 244 g/mol. The fourth-order valence-electron chi connectivity index (χ4n) is 1.72. The molecular formula is C14H22N2O3. The summed E-state index contributed by atoms with van der Waals surface area (Å²) in [5, 5.41) is 2.76. The zero-order chi connectivity index (χ0) is 14.4. The molecule has 0 aliphatic rings. The van der Waals surface area contributed by atoms with Crippen molar-refractivity contribution in [3.63, 3.8) is 0 Å². The molecule has 0 atom stereocenters. The van der Waals surface area contributed by atoms with E-state index in [2.05, 4.69) is 24.1 Å². The number of amides is 1. The van der Waals surface area contributed by atoms with Crippen LogP contribution in [-0.4, -0.2) is 23.5 Å². The van der Waals surface area contributed by atoms with Crippen molar-refractivity contribution in [3.05, 3.63) is 17.5 Å². The number of esters is 1. The Morgan fingerprint density at radius 3 is 2.68 bits per heavy atom. The van der Waals surface area contributed by atoms with Crippen LogP contribution in [0.2, 0.25) is 0 Å². The van der Waals surface area contributed by atoms with Crippen LogP contribution in [0.4, 0.5) is 5.69 Å². The summed E-state index contributed by atoms with van der Waals surface area (Å²) >= 11 is 0. The third kappa shape index (κ3) is 4.43. The Balaban J connectivity index is 2.73. The molecule has 0 aliphatic carbocycles. The van der Waals surface area contributed by atoms with Crippen LogP contribution in [0.1, 0.15) is 49.7 Å². The number of carbonyl (C=O) groups is 2. The van der Waals surface area contributed by atoms with Crippen LogP contribution in [0, 0.1) is 12.8 Å². The van der Waals surface area contributed by atoms with E-state index in [9.17, 15) is 9.59 Å². The van der Waals surface area contributed by atoms with Crippen LogP contribution in [-0.2, 0) is 9.53 Å². The molecule has 0 saturated heterocycles. The van der Waals surface area contributed by atoms with Gasteiger partial charge in [0.05, 0.1) is 12.3 Å². The lowest BCUT2D eigenvalue weighted by molar-refractivity contribution is -0.116. The third-order valence-electron chi connectivity index (χ3n) is 2.78. The van der Waals surface area contributed by atoms with Gasteiger partial charge in [-0.3, -0.25) is 4.79 Å². The third-order valence-corrected chi connectivity index (χ3v) is 2.78. The van der Waals surface area contributed by atoms with Gasteiger partial charge in [0.1, 0.15) is 5.56 Å². The highest BCUT2D eigenvalue weighted by atomic mass is 16.5. The van der Waals surface area contributed by atoms with Crippen molar-refractivity contribution in [2.24, 2.45) is 5.92 Å². The van der Waals surface area contributed by atoms with Crippen LogP contribution in [0.15, 0.2) is 6.20 Å². The topological polar surface area (TPSA) is 71.2 Å². The largest absolute Gasteiger partial charge is 0.462 e. The lowest BCUT2D eigenvalue weighted by Crippen LogP contribution is -2.15. The van der Waals surface area contributed by atoms with Crippen LogP contribution in [0.3, 0.4) is 0 Å². The first-order chi connectivity index (χ1) is 8.95. The number of carbonyl (C=O) groups excluding carboxylic acids is 2. The molecule has 0 aromatic carbocycles. The van der Waals surface area contributed by atoms with Gasteiger partial charge in [0.2, 0.25) is 5.91 Å². The standard InChI is InChI=1S/C14H22N2O3/c1-5-19-14(18)13-10(4)15-8-11(13)16-12(17)7-6-9(2)3/h8-9,15H,5-7H2,1-4H3,(H,16,17). The smallest absolute Gasteiger partial charge is 0.342 e. The van der Waals surface area contributed by atoms with Crippen molar-refractivity contribution >= 4 is 17.6 Å². The average molecular weight is 266 g/mol. The van der Waals surface area contributed by atoms with Gasteiger partial charge in [0, 0.05) is 18.3 Å². The normalized spacial score (nSPS) is 10.6. The van der Waals surface area contributed by atoms with E-state index >= 15 is 0 Å². The van der Waals surface area contributed by atoms with Crippen molar-refractivity contribution in [1.29, 1.82) is 0 Å². The predicted octanol–water partition coefficient (Wildman–Crippen LogP) is 2.87. The van der Waals surface area contributed by atoms with Crippen LogP contribution in [0.5, 0.6) is 0 Å². The van der Waals surface area contributed by atoms with Crippen LogP contribution >= 0.6 is 0 Å². The Morgan fingerprint density at radius 2 is 2.11 bits per heavy atom. The molecule has 1 heterocycles. The van der Waals surface area contributed by atoms with Crippen molar-refractivity contribution in [2.75, 3.05) is 11.9 Å². The molecule has 0 spiro atoms. The molecule has 5 heteroatoms. The Bertz CT molecular complexity index is 450. The number of hydrogen-bond acceptors (Lipinski definition) is 3. The van der Waals surface area contributed by atoms with Gasteiger partial charge in [0.15, 0.2) is 0 Å².